The van der Waals surface area contributed by atoms with Gasteiger partial charge in [0.1, 0.15) is 0 Å². The molecule has 1 saturated carbocycles. The van der Waals surface area contributed by atoms with Gasteiger partial charge in [-0.05, 0) is 37.8 Å². The molecule has 3 heterocycles. The van der Waals surface area contributed by atoms with Gasteiger partial charge in [0.15, 0.2) is 4.96 Å². The number of hydrogen-bond donors (Lipinski definition) is 0. The van der Waals surface area contributed by atoms with E-state index >= 15 is 0 Å². The third-order valence-electron chi connectivity index (χ3n) is 4.26. The van der Waals surface area contributed by atoms with Crippen LogP contribution in [0.3, 0.4) is 0 Å². The fourth-order valence-corrected chi connectivity index (χ4v) is 3.87. The number of aromatic nitrogens is 3. The fraction of sp³-hybridized carbons (Fsp3) is 0.312. The second-order valence-corrected chi connectivity index (χ2v) is 6.49. The van der Waals surface area contributed by atoms with Crippen molar-refractivity contribution in [1.29, 1.82) is 0 Å². The maximum absolute atomic E-state index is 12.5. The van der Waals surface area contributed by atoms with E-state index in [0.717, 1.165) is 28.3 Å². The first-order chi connectivity index (χ1) is 10.2. The molecule has 1 aliphatic carbocycles. The minimum atomic E-state index is 0.0746. The Kier molecular flexibility index (Phi) is 2.72. The van der Waals surface area contributed by atoms with Crippen LogP contribution in [0, 0.1) is 13.8 Å². The van der Waals surface area contributed by atoms with E-state index in [9.17, 15) is 4.79 Å². The zero-order chi connectivity index (χ0) is 14.6. The Morgan fingerprint density at radius 1 is 1.33 bits per heavy atom. The summed E-state index contributed by atoms with van der Waals surface area (Å²) in [5, 5.41) is 1.98. The molecule has 0 N–H and O–H groups in total. The Morgan fingerprint density at radius 2 is 2.19 bits per heavy atom. The van der Waals surface area contributed by atoms with E-state index in [4.69, 9.17) is 4.98 Å². The summed E-state index contributed by atoms with van der Waals surface area (Å²) in [7, 11) is 0. The quantitative estimate of drug-likeness (QED) is 0.730. The van der Waals surface area contributed by atoms with Gasteiger partial charge < -0.3 is 0 Å². The summed E-state index contributed by atoms with van der Waals surface area (Å²) >= 11 is 1.53. The highest BCUT2D eigenvalue weighted by Crippen LogP contribution is 2.54. The lowest BCUT2D eigenvalue weighted by Gasteiger charge is -2.06. The molecule has 4 nitrogen and oxygen atoms in total. The smallest absolute Gasteiger partial charge is 0.261 e. The topological polar surface area (TPSA) is 47.3 Å². The van der Waals surface area contributed by atoms with Crippen LogP contribution in [-0.4, -0.2) is 14.4 Å². The Bertz CT molecular complexity index is 882. The van der Waals surface area contributed by atoms with Gasteiger partial charge in [0.05, 0.1) is 5.69 Å². The average molecular weight is 297 g/mol. The van der Waals surface area contributed by atoms with Crippen LogP contribution in [0.1, 0.15) is 40.8 Å². The SMILES string of the molecule is Cc1c(C2CC2c2cccnc2)nc2scc(C)n2c1=O. The maximum atomic E-state index is 12.5. The Hall–Kier alpha value is -2.01. The number of fused-ring (bicyclic) bond motifs is 1. The van der Waals surface area contributed by atoms with Gasteiger partial charge >= 0.3 is 0 Å². The van der Waals surface area contributed by atoms with Crippen LogP contribution >= 0.6 is 11.3 Å². The van der Waals surface area contributed by atoms with Gasteiger partial charge in [0.25, 0.3) is 5.56 Å². The first-order valence-electron chi connectivity index (χ1n) is 7.04. The number of rotatable bonds is 2. The summed E-state index contributed by atoms with van der Waals surface area (Å²) in [6.07, 6.45) is 4.76. The molecule has 0 radical (unpaired) electrons. The van der Waals surface area contributed by atoms with Crippen molar-refractivity contribution in [3.8, 4) is 0 Å². The molecule has 0 bridgehead atoms. The van der Waals surface area contributed by atoms with Crippen LogP contribution < -0.4 is 5.56 Å². The number of pyridine rings is 1. The molecule has 5 heteroatoms. The van der Waals surface area contributed by atoms with Crippen molar-refractivity contribution in [2.24, 2.45) is 0 Å². The molecule has 0 saturated heterocycles. The zero-order valence-electron chi connectivity index (χ0n) is 11.9. The van der Waals surface area contributed by atoms with Gasteiger partial charge in [0, 0.05) is 34.9 Å². The molecule has 3 aromatic rings. The van der Waals surface area contributed by atoms with Crippen LogP contribution in [-0.2, 0) is 0 Å². The second-order valence-electron chi connectivity index (χ2n) is 5.66. The van der Waals surface area contributed by atoms with E-state index in [1.54, 1.807) is 10.6 Å². The molecular weight excluding hydrogens is 282 g/mol. The second kappa shape index (κ2) is 4.49. The zero-order valence-corrected chi connectivity index (χ0v) is 12.7. The minimum Gasteiger partial charge on any atom is -0.269 e. The average Bonchev–Trinajstić information content (AvgIpc) is 3.21. The predicted molar refractivity (Wildman–Crippen MR) is 83.1 cm³/mol. The van der Waals surface area contributed by atoms with Crippen molar-refractivity contribution >= 4 is 16.3 Å². The lowest BCUT2D eigenvalue weighted by Crippen LogP contribution is -2.19. The highest BCUT2D eigenvalue weighted by atomic mass is 32.1. The summed E-state index contributed by atoms with van der Waals surface area (Å²) < 4.78 is 1.71. The third-order valence-corrected chi connectivity index (χ3v) is 5.20. The van der Waals surface area contributed by atoms with Crippen LogP contribution in [0.4, 0.5) is 0 Å². The van der Waals surface area contributed by atoms with Gasteiger partial charge in [-0.2, -0.15) is 0 Å². The van der Waals surface area contributed by atoms with Crippen LogP contribution in [0.25, 0.3) is 4.96 Å². The van der Waals surface area contributed by atoms with E-state index in [-0.39, 0.29) is 5.56 Å². The van der Waals surface area contributed by atoms with Crippen molar-refractivity contribution in [3.63, 3.8) is 0 Å². The number of thiazole rings is 1. The van der Waals surface area contributed by atoms with Gasteiger partial charge in [-0.1, -0.05) is 6.07 Å². The molecule has 4 rings (SSSR count). The normalized spacial score (nSPS) is 20.9. The van der Waals surface area contributed by atoms with Crippen LogP contribution in [0.5, 0.6) is 0 Å². The van der Waals surface area contributed by atoms with E-state index in [1.165, 1.54) is 16.9 Å². The first-order valence-corrected chi connectivity index (χ1v) is 7.92. The summed E-state index contributed by atoms with van der Waals surface area (Å²) in [5.74, 6) is 0.808. The van der Waals surface area contributed by atoms with Crippen LogP contribution in [0.2, 0.25) is 0 Å². The third kappa shape index (κ3) is 1.92. The van der Waals surface area contributed by atoms with Crippen molar-refractivity contribution in [3.05, 3.63) is 62.8 Å². The molecule has 0 aliphatic heterocycles. The van der Waals surface area contributed by atoms with Gasteiger partial charge in [-0.15, -0.1) is 11.3 Å². The molecule has 0 spiro atoms. The van der Waals surface area contributed by atoms with Gasteiger partial charge in [-0.3, -0.25) is 14.2 Å². The molecule has 21 heavy (non-hydrogen) atoms. The Balaban J connectivity index is 1.79. The van der Waals surface area contributed by atoms with E-state index < -0.39 is 0 Å². The van der Waals surface area contributed by atoms with Crippen molar-refractivity contribution in [2.45, 2.75) is 32.1 Å². The molecule has 106 valence electrons. The van der Waals surface area contributed by atoms with E-state index in [0.29, 0.717) is 11.8 Å². The summed E-state index contributed by atoms with van der Waals surface area (Å²) in [6, 6.07) is 4.07. The molecule has 1 fully saturated rings. The van der Waals surface area contributed by atoms with Crippen molar-refractivity contribution in [1.82, 2.24) is 14.4 Å². The Labute approximate surface area is 126 Å². The fourth-order valence-electron chi connectivity index (χ4n) is 3.00. The monoisotopic (exact) mass is 297 g/mol. The molecule has 0 amide bonds. The summed E-state index contributed by atoms with van der Waals surface area (Å²) in [5.41, 5.74) is 4.03. The predicted octanol–water partition coefficient (Wildman–Crippen LogP) is 3.04. The summed E-state index contributed by atoms with van der Waals surface area (Å²) in [4.78, 5) is 22.3. The Morgan fingerprint density at radius 3 is 2.95 bits per heavy atom. The van der Waals surface area contributed by atoms with Crippen LogP contribution in [0.15, 0.2) is 34.7 Å². The van der Waals surface area contributed by atoms with E-state index in [1.807, 2.05) is 31.5 Å². The van der Waals surface area contributed by atoms with Crippen molar-refractivity contribution < 1.29 is 0 Å². The molecule has 2 unspecified atom stereocenters. The van der Waals surface area contributed by atoms with Gasteiger partial charge in [-0.25, -0.2) is 4.98 Å². The van der Waals surface area contributed by atoms with Crippen molar-refractivity contribution in [2.75, 3.05) is 0 Å². The molecule has 0 aromatic carbocycles. The first kappa shape index (κ1) is 12.7. The lowest BCUT2D eigenvalue weighted by atomic mass is 10.1. The highest BCUT2D eigenvalue weighted by Gasteiger charge is 2.42. The minimum absolute atomic E-state index is 0.0746. The standard InChI is InChI=1S/C16H15N3OS/c1-9-8-21-16-18-14(10(2)15(20)19(9)16)13-6-12(13)11-4-3-5-17-7-11/h3-5,7-8,12-13H,6H2,1-2H3. The van der Waals surface area contributed by atoms with Gasteiger partial charge in [0.2, 0.25) is 0 Å². The maximum Gasteiger partial charge on any atom is 0.261 e. The largest absolute Gasteiger partial charge is 0.269 e. The molecule has 3 aromatic heterocycles. The molecule has 2 atom stereocenters. The number of hydrogen-bond acceptors (Lipinski definition) is 4. The lowest BCUT2D eigenvalue weighted by molar-refractivity contribution is 0.900. The van der Waals surface area contributed by atoms with E-state index in [2.05, 4.69) is 11.1 Å². The highest BCUT2D eigenvalue weighted by molar-refractivity contribution is 7.15. The summed E-state index contributed by atoms with van der Waals surface area (Å²) in [6.45, 7) is 3.84. The molecule has 1 aliphatic rings. The molecular formula is C16H15N3OS. The number of aryl methyl sites for hydroxylation is 1. The number of nitrogens with zero attached hydrogens (tertiary/aromatic N) is 3.